The van der Waals surface area contributed by atoms with Crippen molar-refractivity contribution in [3.8, 4) is 5.75 Å². The number of nitrogens with zero attached hydrogens (tertiary/aromatic N) is 4. The van der Waals surface area contributed by atoms with E-state index in [9.17, 15) is 5.11 Å². The van der Waals surface area contributed by atoms with Gasteiger partial charge in [0.2, 0.25) is 0 Å². The maximum absolute atomic E-state index is 9.51. The van der Waals surface area contributed by atoms with E-state index in [0.29, 0.717) is 12.6 Å². The van der Waals surface area contributed by atoms with E-state index < -0.39 is 0 Å². The molecule has 148 valence electrons. The Morgan fingerprint density at radius 2 is 2.04 bits per heavy atom. The van der Waals surface area contributed by atoms with Crippen molar-refractivity contribution in [2.24, 2.45) is 0 Å². The molecule has 3 rings (SSSR count). The van der Waals surface area contributed by atoms with Gasteiger partial charge in [-0.15, -0.1) is 0 Å². The summed E-state index contributed by atoms with van der Waals surface area (Å²) in [5.74, 6) is 0.926. The fourth-order valence-electron chi connectivity index (χ4n) is 3.77. The first-order valence-corrected chi connectivity index (χ1v) is 10.0. The van der Waals surface area contributed by atoms with Crippen molar-refractivity contribution in [1.29, 1.82) is 0 Å². The van der Waals surface area contributed by atoms with Crippen molar-refractivity contribution >= 4 is 0 Å². The highest BCUT2D eigenvalue weighted by Gasteiger charge is 2.26. The fourth-order valence-corrected chi connectivity index (χ4v) is 3.77. The summed E-state index contributed by atoms with van der Waals surface area (Å²) in [6, 6.07) is 10.8. The molecule has 6 nitrogen and oxygen atoms in total. The predicted octanol–water partition coefficient (Wildman–Crippen LogP) is 2.24. The minimum absolute atomic E-state index is 0.242. The zero-order valence-electron chi connectivity index (χ0n) is 16.3. The number of piperazine rings is 1. The first kappa shape index (κ1) is 19.9. The van der Waals surface area contributed by atoms with Crippen LogP contribution in [0.3, 0.4) is 0 Å². The number of hydrogen-bond acceptors (Lipinski definition) is 5. The van der Waals surface area contributed by atoms with Gasteiger partial charge < -0.3 is 14.7 Å². The molecule has 0 aliphatic carbocycles. The lowest BCUT2D eigenvalue weighted by molar-refractivity contribution is 0.0526. The third-order valence-electron chi connectivity index (χ3n) is 5.19. The minimum Gasteiger partial charge on any atom is -0.494 e. The SMILES string of the molecule is CCOc1ccc(CN2CCN(CCCn3cccn3)C[C@H]2CCO)cc1. The Morgan fingerprint density at radius 3 is 2.74 bits per heavy atom. The van der Waals surface area contributed by atoms with Crippen LogP contribution in [0.4, 0.5) is 0 Å². The molecular weight excluding hydrogens is 340 g/mol. The van der Waals surface area contributed by atoms with Gasteiger partial charge in [0.15, 0.2) is 0 Å². The zero-order valence-corrected chi connectivity index (χ0v) is 16.3. The first-order valence-electron chi connectivity index (χ1n) is 10.0. The Morgan fingerprint density at radius 1 is 1.19 bits per heavy atom. The monoisotopic (exact) mass is 372 g/mol. The number of hydrogen-bond donors (Lipinski definition) is 1. The van der Waals surface area contributed by atoms with E-state index in [4.69, 9.17) is 4.74 Å². The molecule has 1 aliphatic rings. The van der Waals surface area contributed by atoms with Crippen LogP contribution in [0.5, 0.6) is 5.75 Å². The molecule has 1 saturated heterocycles. The van der Waals surface area contributed by atoms with Crippen molar-refractivity contribution in [1.82, 2.24) is 19.6 Å². The van der Waals surface area contributed by atoms with Gasteiger partial charge in [-0.1, -0.05) is 12.1 Å². The number of aromatic nitrogens is 2. The molecule has 1 aromatic heterocycles. The summed E-state index contributed by atoms with van der Waals surface area (Å²) in [5, 5.41) is 13.8. The average molecular weight is 373 g/mol. The van der Waals surface area contributed by atoms with Gasteiger partial charge in [-0.05, 0) is 43.5 Å². The molecule has 0 bridgehead atoms. The number of aliphatic hydroxyl groups is 1. The quantitative estimate of drug-likeness (QED) is 0.693. The van der Waals surface area contributed by atoms with Crippen molar-refractivity contribution in [2.45, 2.75) is 38.9 Å². The summed E-state index contributed by atoms with van der Waals surface area (Å²) < 4.78 is 7.52. The van der Waals surface area contributed by atoms with E-state index in [1.165, 1.54) is 5.56 Å². The van der Waals surface area contributed by atoms with Crippen molar-refractivity contribution in [3.05, 3.63) is 48.3 Å². The Hall–Kier alpha value is -1.89. The summed E-state index contributed by atoms with van der Waals surface area (Å²) in [6.45, 7) is 9.06. The maximum Gasteiger partial charge on any atom is 0.119 e. The molecule has 1 aromatic carbocycles. The van der Waals surface area contributed by atoms with E-state index in [0.717, 1.165) is 57.9 Å². The number of benzene rings is 1. The Balaban J connectivity index is 1.49. The Labute approximate surface area is 162 Å². The number of rotatable bonds is 10. The van der Waals surface area contributed by atoms with Gasteiger partial charge in [-0.3, -0.25) is 9.58 Å². The van der Waals surface area contributed by atoms with Crippen LogP contribution in [0.25, 0.3) is 0 Å². The normalized spacial score (nSPS) is 18.7. The van der Waals surface area contributed by atoms with Crippen molar-refractivity contribution in [2.75, 3.05) is 39.4 Å². The summed E-state index contributed by atoms with van der Waals surface area (Å²) in [7, 11) is 0. The van der Waals surface area contributed by atoms with Gasteiger partial charge in [0.1, 0.15) is 5.75 Å². The first-order chi connectivity index (χ1) is 13.3. The van der Waals surface area contributed by atoms with Gasteiger partial charge in [0.05, 0.1) is 6.61 Å². The molecule has 0 unspecified atom stereocenters. The van der Waals surface area contributed by atoms with Crippen LogP contribution < -0.4 is 4.74 Å². The van der Waals surface area contributed by atoms with Crippen LogP contribution in [-0.2, 0) is 13.1 Å². The Bertz CT molecular complexity index is 645. The van der Waals surface area contributed by atoms with Crippen LogP contribution in [0, 0.1) is 0 Å². The second kappa shape index (κ2) is 10.4. The number of aryl methyl sites for hydroxylation is 1. The van der Waals surface area contributed by atoms with E-state index in [2.05, 4.69) is 27.0 Å². The fraction of sp³-hybridized carbons (Fsp3) is 0.571. The third kappa shape index (κ3) is 6.06. The molecule has 0 spiro atoms. The molecule has 0 radical (unpaired) electrons. The lowest BCUT2D eigenvalue weighted by Crippen LogP contribution is -2.53. The highest BCUT2D eigenvalue weighted by molar-refractivity contribution is 5.27. The highest BCUT2D eigenvalue weighted by Crippen LogP contribution is 2.19. The maximum atomic E-state index is 9.51. The van der Waals surface area contributed by atoms with Crippen LogP contribution in [0.15, 0.2) is 42.7 Å². The summed E-state index contributed by atoms with van der Waals surface area (Å²) in [6.07, 6.45) is 5.78. The van der Waals surface area contributed by atoms with E-state index in [1.807, 2.05) is 42.2 Å². The van der Waals surface area contributed by atoms with Gasteiger partial charge in [-0.25, -0.2) is 0 Å². The second-order valence-corrected chi connectivity index (χ2v) is 7.14. The molecule has 1 aliphatic heterocycles. The van der Waals surface area contributed by atoms with Gasteiger partial charge in [0.25, 0.3) is 0 Å². The lowest BCUT2D eigenvalue weighted by atomic mass is 10.1. The van der Waals surface area contributed by atoms with Crippen molar-refractivity contribution in [3.63, 3.8) is 0 Å². The standard InChI is InChI=1S/C21H32N4O2/c1-2-27-21-7-5-19(6-8-21)17-24-15-14-23(18-20(24)9-16-26)11-4-13-25-12-3-10-22-25/h3,5-8,10,12,20,26H,2,4,9,11,13-18H2,1H3/t20-/m1/s1. The minimum atomic E-state index is 0.242. The molecular formula is C21H32N4O2. The lowest BCUT2D eigenvalue weighted by Gasteiger charge is -2.41. The largest absolute Gasteiger partial charge is 0.494 e. The van der Waals surface area contributed by atoms with Gasteiger partial charge >= 0.3 is 0 Å². The topological polar surface area (TPSA) is 53.8 Å². The van der Waals surface area contributed by atoms with Crippen LogP contribution in [0.1, 0.15) is 25.3 Å². The predicted molar refractivity (Wildman–Crippen MR) is 107 cm³/mol. The van der Waals surface area contributed by atoms with E-state index in [1.54, 1.807) is 0 Å². The van der Waals surface area contributed by atoms with Gasteiger partial charge in [-0.2, -0.15) is 5.10 Å². The number of aliphatic hydroxyl groups excluding tert-OH is 1. The summed E-state index contributed by atoms with van der Waals surface area (Å²) in [4.78, 5) is 5.04. The average Bonchev–Trinajstić information content (AvgIpc) is 3.19. The molecule has 0 amide bonds. The van der Waals surface area contributed by atoms with E-state index >= 15 is 0 Å². The zero-order chi connectivity index (χ0) is 18.9. The smallest absolute Gasteiger partial charge is 0.119 e. The van der Waals surface area contributed by atoms with Crippen LogP contribution in [-0.4, -0.2) is 70.1 Å². The molecule has 1 N–H and O–H groups in total. The van der Waals surface area contributed by atoms with Gasteiger partial charge in [0, 0.05) is 64.3 Å². The molecule has 1 atom stereocenters. The van der Waals surface area contributed by atoms with Crippen LogP contribution in [0.2, 0.25) is 0 Å². The molecule has 27 heavy (non-hydrogen) atoms. The Kier molecular flexibility index (Phi) is 7.68. The molecule has 2 heterocycles. The highest BCUT2D eigenvalue weighted by atomic mass is 16.5. The summed E-state index contributed by atoms with van der Waals surface area (Å²) in [5.41, 5.74) is 1.30. The second-order valence-electron chi connectivity index (χ2n) is 7.14. The molecule has 1 fully saturated rings. The summed E-state index contributed by atoms with van der Waals surface area (Å²) >= 11 is 0. The van der Waals surface area contributed by atoms with Crippen molar-refractivity contribution < 1.29 is 9.84 Å². The molecule has 0 saturated carbocycles. The molecule has 2 aromatic rings. The number of ether oxygens (including phenoxy) is 1. The third-order valence-corrected chi connectivity index (χ3v) is 5.19. The molecule has 6 heteroatoms. The van der Waals surface area contributed by atoms with Crippen LogP contribution >= 0.6 is 0 Å². The van der Waals surface area contributed by atoms with E-state index in [-0.39, 0.29) is 6.61 Å².